The minimum absolute atomic E-state index is 0.239. The van der Waals surface area contributed by atoms with E-state index in [-0.39, 0.29) is 6.09 Å². The molecular weight excluding hydrogens is 258 g/mol. The van der Waals surface area contributed by atoms with Crippen molar-refractivity contribution in [2.45, 2.75) is 6.92 Å². The minimum Gasteiger partial charge on any atom is -0.497 e. The molecule has 2 rings (SSSR count). The van der Waals surface area contributed by atoms with Crippen molar-refractivity contribution in [1.82, 2.24) is 4.90 Å². The Hall–Kier alpha value is -2.11. The van der Waals surface area contributed by atoms with Gasteiger partial charge >= 0.3 is 6.09 Å². The summed E-state index contributed by atoms with van der Waals surface area (Å²) < 4.78 is 10.2. The molecule has 110 valence electrons. The van der Waals surface area contributed by atoms with Crippen LogP contribution in [0.5, 0.6) is 5.75 Å². The number of methoxy groups -OCH3 is 1. The number of nitrogens with zero attached hydrogens (tertiary/aromatic N) is 2. The molecule has 6 nitrogen and oxygen atoms in total. The second-order valence-corrected chi connectivity index (χ2v) is 4.64. The summed E-state index contributed by atoms with van der Waals surface area (Å²) in [4.78, 5) is 15.6. The number of anilines is 2. The molecule has 0 aliphatic carbocycles. The van der Waals surface area contributed by atoms with Crippen LogP contribution in [0, 0.1) is 0 Å². The predicted molar refractivity (Wildman–Crippen MR) is 78.2 cm³/mol. The molecule has 0 radical (unpaired) electrons. The van der Waals surface area contributed by atoms with Gasteiger partial charge in [-0.1, -0.05) is 0 Å². The first-order valence-corrected chi connectivity index (χ1v) is 6.75. The first-order valence-electron chi connectivity index (χ1n) is 6.75. The largest absolute Gasteiger partial charge is 0.497 e. The fourth-order valence-electron chi connectivity index (χ4n) is 2.27. The SMILES string of the molecule is CCOC(=O)N1CCN(c2cc(N)cc(OC)c2)CC1. The van der Waals surface area contributed by atoms with Crippen molar-refractivity contribution in [3.8, 4) is 5.75 Å². The summed E-state index contributed by atoms with van der Waals surface area (Å²) in [5, 5.41) is 0. The molecule has 2 N–H and O–H groups in total. The lowest BCUT2D eigenvalue weighted by atomic mass is 10.2. The van der Waals surface area contributed by atoms with Gasteiger partial charge in [-0.05, 0) is 13.0 Å². The molecule has 1 saturated heterocycles. The van der Waals surface area contributed by atoms with Crippen molar-refractivity contribution in [2.75, 3.05) is 50.5 Å². The topological polar surface area (TPSA) is 68.0 Å². The third-order valence-electron chi connectivity index (χ3n) is 3.32. The number of amides is 1. The zero-order chi connectivity index (χ0) is 14.5. The predicted octanol–water partition coefficient (Wildman–Crippen LogP) is 1.56. The van der Waals surface area contributed by atoms with Crippen molar-refractivity contribution >= 4 is 17.5 Å². The monoisotopic (exact) mass is 279 g/mol. The van der Waals surface area contributed by atoms with Gasteiger partial charge in [-0.25, -0.2) is 4.79 Å². The summed E-state index contributed by atoms with van der Waals surface area (Å²) in [5.74, 6) is 0.743. The molecule has 0 spiro atoms. The molecule has 1 fully saturated rings. The lowest BCUT2D eigenvalue weighted by Gasteiger charge is -2.35. The van der Waals surface area contributed by atoms with Crippen LogP contribution in [-0.2, 0) is 4.74 Å². The van der Waals surface area contributed by atoms with Crippen molar-refractivity contribution < 1.29 is 14.3 Å². The van der Waals surface area contributed by atoms with Gasteiger partial charge in [0.1, 0.15) is 5.75 Å². The van der Waals surface area contributed by atoms with E-state index in [4.69, 9.17) is 15.2 Å². The number of nitrogen functional groups attached to an aromatic ring is 1. The molecule has 0 bridgehead atoms. The molecule has 1 aromatic rings. The number of piperazine rings is 1. The van der Waals surface area contributed by atoms with Gasteiger partial charge in [0.15, 0.2) is 0 Å². The molecule has 6 heteroatoms. The number of nitrogens with two attached hydrogens (primary N) is 1. The standard InChI is InChI=1S/C14H21N3O3/c1-3-20-14(18)17-6-4-16(5-7-17)12-8-11(15)9-13(10-12)19-2/h8-10H,3-7,15H2,1-2H3. The van der Waals surface area contributed by atoms with Crippen LogP contribution in [0.25, 0.3) is 0 Å². The van der Waals surface area contributed by atoms with Gasteiger partial charge in [-0.15, -0.1) is 0 Å². The second kappa shape index (κ2) is 6.36. The molecule has 1 heterocycles. The van der Waals surface area contributed by atoms with Crippen molar-refractivity contribution in [3.63, 3.8) is 0 Å². The Kier molecular flexibility index (Phi) is 4.55. The number of carbonyl (C=O) groups is 1. The maximum absolute atomic E-state index is 11.6. The maximum Gasteiger partial charge on any atom is 0.409 e. The van der Waals surface area contributed by atoms with Gasteiger partial charge in [0.2, 0.25) is 0 Å². The van der Waals surface area contributed by atoms with Gasteiger partial charge in [0.25, 0.3) is 0 Å². The molecule has 0 unspecified atom stereocenters. The van der Waals surface area contributed by atoms with Crippen molar-refractivity contribution in [2.24, 2.45) is 0 Å². The van der Waals surface area contributed by atoms with E-state index in [0.717, 1.165) is 24.5 Å². The quantitative estimate of drug-likeness (QED) is 0.850. The molecular formula is C14H21N3O3. The number of hydrogen-bond acceptors (Lipinski definition) is 5. The highest BCUT2D eigenvalue weighted by atomic mass is 16.6. The number of ether oxygens (including phenoxy) is 2. The highest BCUT2D eigenvalue weighted by Gasteiger charge is 2.22. The number of carbonyl (C=O) groups excluding carboxylic acids is 1. The smallest absolute Gasteiger partial charge is 0.409 e. The molecule has 1 aliphatic heterocycles. The van der Waals surface area contributed by atoms with E-state index in [2.05, 4.69) is 4.90 Å². The Bertz CT molecular complexity index is 471. The van der Waals surface area contributed by atoms with E-state index in [9.17, 15) is 4.79 Å². The second-order valence-electron chi connectivity index (χ2n) is 4.64. The molecule has 0 atom stereocenters. The molecule has 0 aromatic heterocycles. The van der Waals surface area contributed by atoms with E-state index < -0.39 is 0 Å². The fraction of sp³-hybridized carbons (Fsp3) is 0.500. The summed E-state index contributed by atoms with van der Waals surface area (Å²) in [5.41, 5.74) is 7.56. The highest BCUT2D eigenvalue weighted by molar-refractivity contribution is 5.68. The highest BCUT2D eigenvalue weighted by Crippen LogP contribution is 2.26. The zero-order valence-electron chi connectivity index (χ0n) is 12.0. The number of hydrogen-bond donors (Lipinski definition) is 1. The van der Waals surface area contributed by atoms with E-state index in [1.807, 2.05) is 19.1 Å². The maximum atomic E-state index is 11.6. The van der Waals surface area contributed by atoms with Crippen LogP contribution >= 0.6 is 0 Å². The Labute approximate surface area is 119 Å². The molecule has 1 aliphatic rings. The fourth-order valence-corrected chi connectivity index (χ4v) is 2.27. The first kappa shape index (κ1) is 14.3. The van der Waals surface area contributed by atoms with Gasteiger partial charge in [0.05, 0.1) is 13.7 Å². The van der Waals surface area contributed by atoms with Gasteiger partial charge < -0.3 is 25.0 Å². The van der Waals surface area contributed by atoms with E-state index in [0.29, 0.717) is 25.4 Å². The normalized spacial score (nSPS) is 15.1. The zero-order valence-corrected chi connectivity index (χ0v) is 12.0. The van der Waals surface area contributed by atoms with E-state index >= 15 is 0 Å². The third-order valence-corrected chi connectivity index (χ3v) is 3.32. The lowest BCUT2D eigenvalue weighted by molar-refractivity contribution is 0.105. The van der Waals surface area contributed by atoms with Crippen LogP contribution in [0.3, 0.4) is 0 Å². The van der Waals surface area contributed by atoms with Crippen molar-refractivity contribution in [1.29, 1.82) is 0 Å². The third kappa shape index (κ3) is 3.26. The van der Waals surface area contributed by atoms with Crippen LogP contribution in [0.2, 0.25) is 0 Å². The Morgan fingerprint density at radius 1 is 1.25 bits per heavy atom. The Morgan fingerprint density at radius 2 is 1.95 bits per heavy atom. The molecule has 1 aromatic carbocycles. The average Bonchev–Trinajstić information content (AvgIpc) is 2.47. The average molecular weight is 279 g/mol. The number of rotatable bonds is 3. The minimum atomic E-state index is -0.239. The Balaban J connectivity index is 2.00. The van der Waals surface area contributed by atoms with Crippen LogP contribution in [0.15, 0.2) is 18.2 Å². The van der Waals surface area contributed by atoms with E-state index in [1.165, 1.54) is 0 Å². The lowest BCUT2D eigenvalue weighted by Crippen LogP contribution is -2.49. The van der Waals surface area contributed by atoms with Crippen LogP contribution in [-0.4, -0.2) is 50.9 Å². The van der Waals surface area contributed by atoms with Gasteiger partial charge in [-0.2, -0.15) is 0 Å². The van der Waals surface area contributed by atoms with Gasteiger partial charge in [0, 0.05) is 49.7 Å². The summed E-state index contributed by atoms with van der Waals surface area (Å²) in [7, 11) is 1.62. The summed E-state index contributed by atoms with van der Waals surface area (Å²) >= 11 is 0. The summed E-state index contributed by atoms with van der Waals surface area (Å²) in [6.45, 7) is 5.03. The van der Waals surface area contributed by atoms with Crippen LogP contribution in [0.4, 0.5) is 16.2 Å². The van der Waals surface area contributed by atoms with E-state index in [1.54, 1.807) is 18.1 Å². The molecule has 1 amide bonds. The van der Waals surface area contributed by atoms with Gasteiger partial charge in [-0.3, -0.25) is 0 Å². The summed E-state index contributed by atoms with van der Waals surface area (Å²) in [6.07, 6.45) is -0.239. The molecule has 20 heavy (non-hydrogen) atoms. The first-order chi connectivity index (χ1) is 9.63. The molecule has 0 saturated carbocycles. The summed E-state index contributed by atoms with van der Waals surface area (Å²) in [6, 6.07) is 5.66. The number of benzene rings is 1. The van der Waals surface area contributed by atoms with Crippen LogP contribution in [0.1, 0.15) is 6.92 Å². The van der Waals surface area contributed by atoms with Crippen molar-refractivity contribution in [3.05, 3.63) is 18.2 Å². The Morgan fingerprint density at radius 3 is 2.55 bits per heavy atom. The van der Waals surface area contributed by atoms with Crippen LogP contribution < -0.4 is 15.4 Å².